The quantitative estimate of drug-likeness (QED) is 0.429. The molecule has 0 amide bonds. The van der Waals surface area contributed by atoms with E-state index in [2.05, 4.69) is 20.9 Å². The van der Waals surface area contributed by atoms with E-state index >= 15 is 0 Å². The van der Waals surface area contributed by atoms with Crippen LogP contribution in [0, 0.1) is 6.92 Å². The Morgan fingerprint density at radius 3 is 2.78 bits per heavy atom. The van der Waals surface area contributed by atoms with Gasteiger partial charge < -0.3 is 0 Å². The highest BCUT2D eigenvalue weighted by Gasteiger charge is 1.92. The van der Waals surface area contributed by atoms with Crippen molar-refractivity contribution in [2.45, 2.75) is 6.92 Å². The van der Waals surface area contributed by atoms with Crippen LogP contribution in [-0.4, -0.2) is 12.8 Å². The molecule has 1 aromatic rings. The molecule has 0 aliphatic rings. The van der Waals surface area contributed by atoms with Crippen LogP contribution >= 0.6 is 15.9 Å². The summed E-state index contributed by atoms with van der Waals surface area (Å²) in [5.74, 6) is 0. The van der Waals surface area contributed by atoms with Gasteiger partial charge in [0.2, 0.25) is 0 Å². The van der Waals surface area contributed by atoms with Crippen LogP contribution < -0.4 is 5.46 Å². The standard InChI is InChI=1S/C6H5BBrN/c1-4-2-5(7)3-9-6(4)8/h2-3H,1H3. The Hall–Kier alpha value is -0.305. The summed E-state index contributed by atoms with van der Waals surface area (Å²) in [4.78, 5) is 3.97. The first kappa shape index (κ1) is 6.81. The van der Waals surface area contributed by atoms with Gasteiger partial charge in [0.15, 0.2) is 0 Å². The van der Waals surface area contributed by atoms with Crippen molar-refractivity contribution in [3.8, 4) is 0 Å². The van der Waals surface area contributed by atoms with E-state index in [1.165, 1.54) is 0 Å². The Morgan fingerprint density at radius 1 is 1.67 bits per heavy atom. The fourth-order valence-electron chi connectivity index (χ4n) is 0.580. The second kappa shape index (κ2) is 2.52. The topological polar surface area (TPSA) is 12.9 Å². The number of rotatable bonds is 0. The number of pyridine rings is 1. The third-order valence-corrected chi connectivity index (χ3v) is 1.87. The molecule has 0 atom stereocenters. The zero-order valence-corrected chi connectivity index (χ0v) is 6.64. The van der Waals surface area contributed by atoms with Crippen LogP contribution in [0.5, 0.6) is 0 Å². The van der Waals surface area contributed by atoms with E-state index in [1.807, 2.05) is 13.0 Å². The normalized spacial score (nSPS) is 9.56. The summed E-state index contributed by atoms with van der Waals surface area (Å²) in [5, 5.41) is 0. The first-order chi connectivity index (χ1) is 4.20. The van der Waals surface area contributed by atoms with Gasteiger partial charge in [-0.1, -0.05) is 11.5 Å². The van der Waals surface area contributed by atoms with Gasteiger partial charge in [-0.25, -0.2) is 4.98 Å². The van der Waals surface area contributed by atoms with Gasteiger partial charge in [-0.3, -0.25) is 0 Å². The molecule has 0 saturated heterocycles. The van der Waals surface area contributed by atoms with Gasteiger partial charge in [0, 0.05) is 6.20 Å². The molecule has 9 heavy (non-hydrogen) atoms. The van der Waals surface area contributed by atoms with Crippen molar-refractivity contribution in [3.63, 3.8) is 0 Å². The Morgan fingerprint density at radius 2 is 2.33 bits per heavy atom. The molecule has 0 unspecified atom stereocenters. The SMILES string of the molecule is [B]c1cnc(Br)c(C)c1. The van der Waals surface area contributed by atoms with Gasteiger partial charge in [0.25, 0.3) is 0 Å². The maximum absolute atomic E-state index is 5.44. The second-order valence-corrected chi connectivity index (χ2v) is 2.63. The highest BCUT2D eigenvalue weighted by atomic mass is 79.9. The number of halogens is 1. The fraction of sp³-hybridized carbons (Fsp3) is 0.167. The molecule has 2 radical (unpaired) electrons. The van der Waals surface area contributed by atoms with E-state index in [-0.39, 0.29) is 0 Å². The van der Waals surface area contributed by atoms with E-state index in [0.29, 0.717) is 5.46 Å². The second-order valence-electron chi connectivity index (χ2n) is 1.88. The molecular weight excluding hydrogens is 177 g/mol. The van der Waals surface area contributed by atoms with Crippen molar-refractivity contribution < 1.29 is 0 Å². The van der Waals surface area contributed by atoms with Gasteiger partial charge in [-0.05, 0) is 28.4 Å². The van der Waals surface area contributed by atoms with Crippen molar-refractivity contribution in [1.29, 1.82) is 0 Å². The third kappa shape index (κ3) is 1.55. The third-order valence-electron chi connectivity index (χ3n) is 1.04. The Kier molecular flexibility index (Phi) is 1.91. The molecule has 0 saturated carbocycles. The molecular formula is C6H5BBrN. The first-order valence-corrected chi connectivity index (χ1v) is 3.37. The van der Waals surface area contributed by atoms with Crippen LogP contribution in [0.1, 0.15) is 5.56 Å². The van der Waals surface area contributed by atoms with Gasteiger partial charge >= 0.3 is 0 Å². The van der Waals surface area contributed by atoms with Crippen molar-refractivity contribution in [2.24, 2.45) is 0 Å². The van der Waals surface area contributed by atoms with E-state index in [9.17, 15) is 0 Å². The lowest BCUT2D eigenvalue weighted by Gasteiger charge is -1.96. The molecule has 0 N–H and O–H groups in total. The fourth-order valence-corrected chi connectivity index (χ4v) is 0.797. The van der Waals surface area contributed by atoms with Gasteiger partial charge in [-0.2, -0.15) is 0 Å². The molecule has 44 valence electrons. The summed E-state index contributed by atoms with van der Waals surface area (Å²) >= 11 is 3.26. The molecule has 0 aliphatic carbocycles. The Balaban J connectivity index is 3.17. The molecule has 0 aliphatic heterocycles. The van der Waals surface area contributed by atoms with Gasteiger partial charge in [0.05, 0.1) is 0 Å². The molecule has 0 bridgehead atoms. The smallest absolute Gasteiger partial charge is 0.115 e. The van der Waals surface area contributed by atoms with E-state index in [4.69, 9.17) is 7.85 Å². The monoisotopic (exact) mass is 181 g/mol. The van der Waals surface area contributed by atoms with E-state index in [0.717, 1.165) is 10.2 Å². The molecule has 1 nitrogen and oxygen atoms in total. The zero-order chi connectivity index (χ0) is 6.85. The first-order valence-electron chi connectivity index (χ1n) is 2.58. The maximum atomic E-state index is 5.44. The highest BCUT2D eigenvalue weighted by Crippen LogP contribution is 2.08. The number of aromatic nitrogens is 1. The summed E-state index contributed by atoms with van der Waals surface area (Å²) in [7, 11) is 5.44. The van der Waals surface area contributed by atoms with E-state index in [1.54, 1.807) is 6.20 Å². The molecule has 0 aromatic carbocycles. The molecule has 0 spiro atoms. The van der Waals surface area contributed by atoms with Crippen molar-refractivity contribution >= 4 is 29.2 Å². The lowest BCUT2D eigenvalue weighted by atomic mass is 9.98. The number of hydrogen-bond acceptors (Lipinski definition) is 1. The molecule has 1 heterocycles. The van der Waals surface area contributed by atoms with Crippen LogP contribution in [0.3, 0.4) is 0 Å². The van der Waals surface area contributed by atoms with Crippen molar-refractivity contribution in [3.05, 3.63) is 22.4 Å². The molecule has 1 aromatic heterocycles. The Labute approximate surface area is 64.0 Å². The Bertz CT molecular complexity index is 224. The lowest BCUT2D eigenvalue weighted by molar-refractivity contribution is 1.23. The van der Waals surface area contributed by atoms with Crippen LogP contribution in [0.25, 0.3) is 0 Å². The average molecular weight is 182 g/mol. The average Bonchev–Trinajstić information content (AvgIpc) is 1.80. The highest BCUT2D eigenvalue weighted by molar-refractivity contribution is 9.10. The minimum absolute atomic E-state index is 0.704. The minimum Gasteiger partial charge on any atom is -0.250 e. The summed E-state index contributed by atoms with van der Waals surface area (Å²) in [5.41, 5.74) is 1.77. The summed E-state index contributed by atoms with van der Waals surface area (Å²) in [6.07, 6.45) is 1.62. The van der Waals surface area contributed by atoms with E-state index < -0.39 is 0 Å². The molecule has 3 heteroatoms. The largest absolute Gasteiger partial charge is 0.250 e. The summed E-state index contributed by atoms with van der Waals surface area (Å²) in [6.45, 7) is 1.95. The number of nitrogens with zero attached hydrogens (tertiary/aromatic N) is 1. The predicted octanol–water partition coefficient (Wildman–Crippen LogP) is 0.946. The van der Waals surface area contributed by atoms with Crippen molar-refractivity contribution in [1.82, 2.24) is 4.98 Å². The number of aryl methyl sites for hydroxylation is 1. The molecule has 1 rings (SSSR count). The van der Waals surface area contributed by atoms with Crippen molar-refractivity contribution in [2.75, 3.05) is 0 Å². The lowest BCUT2D eigenvalue weighted by Crippen LogP contribution is -2.03. The van der Waals surface area contributed by atoms with Gasteiger partial charge in [-0.15, -0.1) is 0 Å². The summed E-state index contributed by atoms with van der Waals surface area (Å²) in [6, 6.07) is 1.87. The molecule has 0 fully saturated rings. The summed E-state index contributed by atoms with van der Waals surface area (Å²) < 4.78 is 0.858. The number of hydrogen-bond donors (Lipinski definition) is 0. The van der Waals surface area contributed by atoms with Crippen LogP contribution in [0.4, 0.5) is 0 Å². The predicted molar refractivity (Wildman–Crippen MR) is 42.1 cm³/mol. The van der Waals surface area contributed by atoms with Crippen LogP contribution in [0.2, 0.25) is 0 Å². The van der Waals surface area contributed by atoms with Crippen LogP contribution in [0.15, 0.2) is 16.9 Å². The zero-order valence-electron chi connectivity index (χ0n) is 5.06. The van der Waals surface area contributed by atoms with Crippen LogP contribution in [-0.2, 0) is 0 Å². The van der Waals surface area contributed by atoms with Gasteiger partial charge in [0.1, 0.15) is 12.4 Å². The maximum Gasteiger partial charge on any atom is 0.115 e. The minimum atomic E-state index is 0.704.